The lowest BCUT2D eigenvalue weighted by molar-refractivity contribution is -0.139. The lowest BCUT2D eigenvalue weighted by atomic mass is 10.1. The fourth-order valence-corrected chi connectivity index (χ4v) is 5.07. The molecule has 47 heavy (non-hydrogen) atoms. The number of carboxylic acid groups (broad SMARTS) is 1. The van der Waals surface area contributed by atoms with Crippen LogP contribution in [0.2, 0.25) is 0 Å². The summed E-state index contributed by atoms with van der Waals surface area (Å²) in [5.41, 5.74) is 1.78. The molecule has 10 nitrogen and oxygen atoms in total. The Balaban J connectivity index is 1.55. The van der Waals surface area contributed by atoms with Gasteiger partial charge in [-0.3, -0.25) is 9.59 Å². The summed E-state index contributed by atoms with van der Waals surface area (Å²) in [5.74, 6) is -0.456. The summed E-state index contributed by atoms with van der Waals surface area (Å²) in [4.78, 5) is 38.0. The quantitative estimate of drug-likeness (QED) is 0.125. The molecular formula is C37H43N3O7. The molecule has 248 valence electrons. The van der Waals surface area contributed by atoms with Crippen LogP contribution in [0.5, 0.6) is 11.5 Å². The van der Waals surface area contributed by atoms with Gasteiger partial charge in [0.2, 0.25) is 5.91 Å². The number of hydrogen-bond donors (Lipinski definition) is 4. The first kappa shape index (κ1) is 34.6. The van der Waals surface area contributed by atoms with E-state index in [1.54, 1.807) is 33.9 Å². The highest BCUT2D eigenvalue weighted by atomic mass is 16.6. The van der Waals surface area contributed by atoms with Gasteiger partial charge in [-0.05, 0) is 68.3 Å². The molecule has 4 N–H and O–H groups in total. The number of carboxylic acids is 1. The first-order valence-electron chi connectivity index (χ1n) is 15.6. The van der Waals surface area contributed by atoms with E-state index in [1.807, 2.05) is 84.9 Å². The Morgan fingerprint density at radius 2 is 1.60 bits per heavy atom. The molecule has 0 aliphatic rings. The monoisotopic (exact) mass is 641 g/mol. The Labute approximate surface area is 275 Å². The Morgan fingerprint density at radius 1 is 0.872 bits per heavy atom. The number of carbonyl (C=O) groups excluding carboxylic acids is 2. The molecule has 2 amide bonds. The van der Waals surface area contributed by atoms with Crippen LogP contribution in [0.15, 0.2) is 91.0 Å². The van der Waals surface area contributed by atoms with Gasteiger partial charge in [0.25, 0.3) is 0 Å². The number of methoxy groups -OCH3 is 1. The number of ether oxygens (including phenoxy) is 3. The molecule has 2 atom stereocenters. The van der Waals surface area contributed by atoms with E-state index in [4.69, 9.17) is 14.2 Å². The van der Waals surface area contributed by atoms with Gasteiger partial charge in [0.1, 0.15) is 29.7 Å². The van der Waals surface area contributed by atoms with Crippen LogP contribution in [0.1, 0.15) is 38.3 Å². The molecule has 0 unspecified atom stereocenters. The maximum absolute atomic E-state index is 13.4. The molecule has 4 aromatic rings. The van der Waals surface area contributed by atoms with Crippen LogP contribution in [-0.2, 0) is 27.2 Å². The van der Waals surface area contributed by atoms with Gasteiger partial charge < -0.3 is 35.3 Å². The predicted octanol–water partition coefficient (Wildman–Crippen LogP) is 5.98. The molecule has 4 aromatic carbocycles. The second-order valence-corrected chi connectivity index (χ2v) is 12.2. The van der Waals surface area contributed by atoms with Gasteiger partial charge >= 0.3 is 12.1 Å². The van der Waals surface area contributed by atoms with Crippen LogP contribution >= 0.6 is 0 Å². The van der Waals surface area contributed by atoms with Gasteiger partial charge in [0, 0.05) is 11.9 Å². The van der Waals surface area contributed by atoms with Crippen molar-refractivity contribution < 1.29 is 33.7 Å². The van der Waals surface area contributed by atoms with Crippen molar-refractivity contribution in [1.82, 2.24) is 10.6 Å². The molecule has 10 heteroatoms. The van der Waals surface area contributed by atoms with Crippen LogP contribution < -0.4 is 25.4 Å². The number of nitrogens with one attached hydrogen (secondary N) is 3. The van der Waals surface area contributed by atoms with Crippen molar-refractivity contribution in [3.8, 4) is 11.5 Å². The van der Waals surface area contributed by atoms with Crippen molar-refractivity contribution in [2.45, 2.75) is 57.7 Å². The zero-order chi connectivity index (χ0) is 33.8. The van der Waals surface area contributed by atoms with E-state index in [9.17, 15) is 19.5 Å². The largest absolute Gasteiger partial charge is 0.497 e. The number of carbonyl (C=O) groups is 3. The molecule has 0 saturated heterocycles. The smallest absolute Gasteiger partial charge is 0.408 e. The lowest BCUT2D eigenvalue weighted by Crippen LogP contribution is -2.43. The Morgan fingerprint density at radius 3 is 2.32 bits per heavy atom. The van der Waals surface area contributed by atoms with Gasteiger partial charge in [-0.25, -0.2) is 4.79 Å². The molecule has 0 aliphatic heterocycles. The summed E-state index contributed by atoms with van der Waals surface area (Å²) in [6.45, 7) is 5.78. The minimum Gasteiger partial charge on any atom is -0.497 e. The third kappa shape index (κ3) is 11.0. The third-order valence-corrected chi connectivity index (χ3v) is 7.24. The molecule has 0 aromatic heterocycles. The summed E-state index contributed by atoms with van der Waals surface area (Å²) < 4.78 is 17.1. The fourth-order valence-electron chi connectivity index (χ4n) is 5.07. The van der Waals surface area contributed by atoms with Gasteiger partial charge in [-0.1, -0.05) is 72.8 Å². The maximum Gasteiger partial charge on any atom is 0.408 e. The van der Waals surface area contributed by atoms with E-state index >= 15 is 0 Å². The number of anilines is 1. The molecular weight excluding hydrogens is 598 g/mol. The third-order valence-electron chi connectivity index (χ3n) is 7.24. The van der Waals surface area contributed by atoms with Crippen molar-refractivity contribution in [3.63, 3.8) is 0 Å². The lowest BCUT2D eigenvalue weighted by Gasteiger charge is -2.25. The molecule has 0 fully saturated rings. The van der Waals surface area contributed by atoms with E-state index in [0.717, 1.165) is 27.6 Å². The van der Waals surface area contributed by atoms with E-state index < -0.39 is 42.1 Å². The summed E-state index contributed by atoms with van der Waals surface area (Å²) in [5, 5.41) is 20.3. The number of benzene rings is 4. The summed E-state index contributed by atoms with van der Waals surface area (Å²) in [6.07, 6.45) is 0.00266. The molecule has 0 saturated carbocycles. The molecule has 0 spiro atoms. The second kappa shape index (κ2) is 16.4. The average molecular weight is 642 g/mol. The van der Waals surface area contributed by atoms with Gasteiger partial charge in [0.15, 0.2) is 0 Å². The number of amides is 2. The minimum atomic E-state index is -1.13. The van der Waals surface area contributed by atoms with E-state index in [-0.39, 0.29) is 6.61 Å². The summed E-state index contributed by atoms with van der Waals surface area (Å²) >= 11 is 0. The highest BCUT2D eigenvalue weighted by Crippen LogP contribution is 2.34. The number of rotatable bonds is 15. The van der Waals surface area contributed by atoms with Crippen LogP contribution in [-0.4, -0.2) is 61.0 Å². The zero-order valence-electron chi connectivity index (χ0n) is 27.2. The second-order valence-electron chi connectivity index (χ2n) is 12.2. The standard InChI is InChI=1S/C37H43N3O7/c1-37(2,3)47-36(44)39-28(21-25-11-6-5-7-12-25)24-46-32-18-17-27-14-8-9-16-30(27)34(32)40-31(23-33(41)42)35(43)38-20-19-26-13-10-15-29(22-26)45-4/h5-18,22,28,31,40H,19-21,23-24H2,1-4H3,(H,38,43)(H,39,44)(H,41,42)/t28-,31+/m1/s1. The molecule has 0 aliphatic carbocycles. The van der Waals surface area contributed by atoms with Crippen LogP contribution in [0.3, 0.4) is 0 Å². The van der Waals surface area contributed by atoms with Crippen molar-refractivity contribution in [2.75, 3.05) is 25.6 Å². The predicted molar refractivity (Wildman–Crippen MR) is 182 cm³/mol. The number of fused-ring (bicyclic) bond motifs is 1. The first-order valence-corrected chi connectivity index (χ1v) is 15.6. The summed E-state index contributed by atoms with van der Waals surface area (Å²) in [6, 6.07) is 26.9. The maximum atomic E-state index is 13.4. The normalized spacial score (nSPS) is 12.4. The van der Waals surface area contributed by atoms with Crippen molar-refractivity contribution in [2.24, 2.45) is 0 Å². The SMILES string of the molecule is COc1cccc(CCNC(=O)[C@H](CC(=O)O)Nc2c(OC[C@@H](Cc3ccccc3)NC(=O)OC(C)(C)C)ccc3ccccc23)c1. The Kier molecular flexibility index (Phi) is 12.0. The van der Waals surface area contributed by atoms with E-state index in [0.29, 0.717) is 30.8 Å². The molecule has 0 heterocycles. The Hall–Kier alpha value is -5.25. The van der Waals surface area contributed by atoms with E-state index in [1.165, 1.54) is 0 Å². The van der Waals surface area contributed by atoms with Crippen LogP contribution in [0.4, 0.5) is 10.5 Å². The highest BCUT2D eigenvalue weighted by Gasteiger charge is 2.25. The van der Waals surface area contributed by atoms with Gasteiger partial charge in [0.05, 0.1) is 25.3 Å². The average Bonchev–Trinajstić information content (AvgIpc) is 3.03. The molecule has 4 rings (SSSR count). The Bertz CT molecular complexity index is 1650. The first-order chi connectivity index (χ1) is 22.5. The van der Waals surface area contributed by atoms with Crippen LogP contribution in [0, 0.1) is 0 Å². The summed E-state index contributed by atoms with van der Waals surface area (Å²) in [7, 11) is 1.59. The number of aliphatic carboxylic acids is 1. The minimum absolute atomic E-state index is 0.0808. The number of hydrogen-bond acceptors (Lipinski definition) is 7. The highest BCUT2D eigenvalue weighted by molar-refractivity contribution is 5.99. The van der Waals surface area contributed by atoms with Gasteiger partial charge in [-0.15, -0.1) is 0 Å². The molecule has 0 radical (unpaired) electrons. The fraction of sp³-hybridized carbons (Fsp3) is 0.324. The number of alkyl carbamates (subject to hydrolysis) is 1. The molecule has 0 bridgehead atoms. The topological polar surface area (TPSA) is 135 Å². The zero-order valence-corrected chi connectivity index (χ0v) is 27.2. The van der Waals surface area contributed by atoms with Crippen molar-refractivity contribution in [1.29, 1.82) is 0 Å². The van der Waals surface area contributed by atoms with Gasteiger partial charge in [-0.2, -0.15) is 0 Å². The van der Waals surface area contributed by atoms with E-state index in [2.05, 4.69) is 16.0 Å². The van der Waals surface area contributed by atoms with Crippen molar-refractivity contribution >= 4 is 34.4 Å². The van der Waals surface area contributed by atoms with Crippen molar-refractivity contribution in [3.05, 3.63) is 102 Å². The van der Waals surface area contributed by atoms with Crippen LogP contribution in [0.25, 0.3) is 10.8 Å².